The maximum absolute atomic E-state index is 15.3. The zero-order chi connectivity index (χ0) is 18.9. The van der Waals surface area contributed by atoms with E-state index in [-0.39, 0.29) is 24.7 Å². The molecule has 1 saturated heterocycles. The van der Waals surface area contributed by atoms with Gasteiger partial charge in [-0.2, -0.15) is 0 Å². The van der Waals surface area contributed by atoms with Crippen molar-refractivity contribution in [2.45, 2.75) is 51.7 Å². The molecule has 1 amide bonds. The maximum Gasteiger partial charge on any atom is 0.225 e. The minimum absolute atomic E-state index is 0.0590. The van der Waals surface area contributed by atoms with E-state index in [0.29, 0.717) is 23.0 Å². The van der Waals surface area contributed by atoms with Crippen molar-refractivity contribution >= 4 is 17.5 Å². The van der Waals surface area contributed by atoms with Crippen LogP contribution in [0.2, 0.25) is 5.02 Å². The van der Waals surface area contributed by atoms with Gasteiger partial charge in [0.05, 0.1) is 0 Å². The van der Waals surface area contributed by atoms with Crippen LogP contribution in [0.15, 0.2) is 18.2 Å². The van der Waals surface area contributed by atoms with Crippen LogP contribution in [0.5, 0.6) is 0 Å². The number of carbonyl (C=O) groups excluding carboxylic acids is 1. The summed E-state index contributed by atoms with van der Waals surface area (Å²) in [4.78, 5) is 16.5. The lowest BCUT2D eigenvalue weighted by molar-refractivity contribution is -0.144. The number of hydrogen-bond donors (Lipinski definition) is 0. The van der Waals surface area contributed by atoms with E-state index < -0.39 is 5.67 Å². The van der Waals surface area contributed by atoms with Gasteiger partial charge in [0, 0.05) is 31.1 Å². The van der Waals surface area contributed by atoms with Crippen molar-refractivity contribution in [1.82, 2.24) is 9.80 Å². The van der Waals surface area contributed by atoms with Crippen molar-refractivity contribution in [3.8, 4) is 0 Å². The monoisotopic (exact) mass is 380 g/mol. The zero-order valence-electron chi connectivity index (χ0n) is 16.1. The van der Waals surface area contributed by atoms with Gasteiger partial charge >= 0.3 is 0 Å². The molecule has 1 aliphatic carbocycles. The lowest BCUT2D eigenvalue weighted by atomic mass is 9.68. The van der Waals surface area contributed by atoms with Gasteiger partial charge in [-0.05, 0) is 61.9 Å². The topological polar surface area (TPSA) is 23.6 Å². The second kappa shape index (κ2) is 7.85. The van der Waals surface area contributed by atoms with Crippen LogP contribution >= 0.6 is 11.6 Å². The Morgan fingerprint density at radius 3 is 2.58 bits per heavy atom. The highest BCUT2D eigenvalue weighted by molar-refractivity contribution is 6.31. The summed E-state index contributed by atoms with van der Waals surface area (Å²) in [5.74, 6) is 0.261. The van der Waals surface area contributed by atoms with Crippen LogP contribution in [-0.4, -0.2) is 42.4 Å². The summed E-state index contributed by atoms with van der Waals surface area (Å²) in [6.07, 6.45) is 3.00. The molecule has 3 nitrogen and oxygen atoms in total. The third kappa shape index (κ3) is 4.23. The van der Waals surface area contributed by atoms with E-state index in [1.807, 2.05) is 19.2 Å². The summed E-state index contributed by atoms with van der Waals surface area (Å²) < 4.78 is 15.3. The smallest absolute Gasteiger partial charge is 0.225 e. The maximum atomic E-state index is 15.3. The molecule has 26 heavy (non-hydrogen) atoms. The van der Waals surface area contributed by atoms with Crippen molar-refractivity contribution in [3.05, 3.63) is 34.3 Å². The highest BCUT2D eigenvalue weighted by atomic mass is 35.5. The number of rotatable bonds is 6. The molecule has 2 fully saturated rings. The van der Waals surface area contributed by atoms with E-state index in [0.717, 1.165) is 25.2 Å². The van der Waals surface area contributed by atoms with E-state index in [1.54, 1.807) is 11.0 Å². The molecule has 0 N–H and O–H groups in total. The van der Waals surface area contributed by atoms with Crippen LogP contribution in [0.1, 0.15) is 50.7 Å². The minimum atomic E-state index is -1.42. The minimum Gasteiger partial charge on any atom is -0.345 e. The van der Waals surface area contributed by atoms with Crippen LogP contribution in [0.4, 0.5) is 4.39 Å². The molecule has 1 aliphatic heterocycles. The Balaban J connectivity index is 1.61. The number of alkyl halides is 1. The van der Waals surface area contributed by atoms with Gasteiger partial charge < -0.3 is 4.90 Å². The summed E-state index contributed by atoms with van der Waals surface area (Å²) >= 11 is 6.43. The Bertz CT molecular complexity index is 651. The van der Waals surface area contributed by atoms with E-state index in [2.05, 4.69) is 18.7 Å². The average Bonchev–Trinajstić information content (AvgIpc) is 3.05. The van der Waals surface area contributed by atoms with Crippen molar-refractivity contribution in [1.29, 1.82) is 0 Å². The molecule has 1 heterocycles. The number of carbonyl (C=O) groups is 1. The van der Waals surface area contributed by atoms with E-state index >= 15 is 4.39 Å². The van der Waals surface area contributed by atoms with Crippen molar-refractivity contribution in [2.24, 2.45) is 11.8 Å². The molecule has 3 rings (SSSR count). The number of likely N-dealkylation sites (tertiary alicyclic amines) is 1. The molecule has 1 aromatic rings. The average molecular weight is 381 g/mol. The Kier molecular flexibility index (Phi) is 5.93. The quantitative estimate of drug-likeness (QED) is 0.718. The number of benzene rings is 1. The molecule has 0 radical (unpaired) electrons. The van der Waals surface area contributed by atoms with Crippen LogP contribution in [0.3, 0.4) is 0 Å². The normalized spacial score (nSPS) is 26.2. The van der Waals surface area contributed by atoms with Gasteiger partial charge in [0.15, 0.2) is 0 Å². The van der Waals surface area contributed by atoms with E-state index in [1.165, 1.54) is 12.8 Å². The summed E-state index contributed by atoms with van der Waals surface area (Å²) in [5.41, 5.74) is 0.252. The Morgan fingerprint density at radius 2 is 2.00 bits per heavy atom. The standard InChI is InChI=1S/C21H30ClFN2O/c1-15(2)13-24(3)20(26)17-11-21(23,12-17)18-7-6-16(19(22)10-18)14-25-8-4-5-9-25/h6-7,10,15,17H,4-5,8-9,11-14H2,1-3H3. The summed E-state index contributed by atoms with van der Waals surface area (Å²) in [6, 6.07) is 5.58. The van der Waals surface area contributed by atoms with Crippen molar-refractivity contribution < 1.29 is 9.18 Å². The molecule has 0 unspecified atom stereocenters. The molecule has 0 bridgehead atoms. The van der Waals surface area contributed by atoms with Gasteiger partial charge in [-0.1, -0.05) is 37.6 Å². The third-order valence-electron chi connectivity index (χ3n) is 5.67. The van der Waals surface area contributed by atoms with Gasteiger partial charge in [-0.3, -0.25) is 9.69 Å². The molecule has 144 valence electrons. The van der Waals surface area contributed by atoms with E-state index in [9.17, 15) is 4.79 Å². The molecule has 0 aromatic heterocycles. The largest absolute Gasteiger partial charge is 0.345 e. The Morgan fingerprint density at radius 1 is 1.35 bits per heavy atom. The first kappa shape index (κ1) is 19.6. The van der Waals surface area contributed by atoms with Crippen molar-refractivity contribution in [3.63, 3.8) is 0 Å². The van der Waals surface area contributed by atoms with Crippen LogP contribution < -0.4 is 0 Å². The van der Waals surface area contributed by atoms with Gasteiger partial charge in [-0.15, -0.1) is 0 Å². The first-order chi connectivity index (χ1) is 12.3. The number of halogens is 2. The van der Waals surface area contributed by atoms with Gasteiger partial charge in [-0.25, -0.2) is 4.39 Å². The van der Waals surface area contributed by atoms with Gasteiger partial charge in [0.25, 0.3) is 0 Å². The number of hydrogen-bond acceptors (Lipinski definition) is 2. The zero-order valence-corrected chi connectivity index (χ0v) is 16.9. The number of amides is 1. The fourth-order valence-electron chi connectivity index (χ4n) is 4.22. The second-order valence-electron chi connectivity index (χ2n) is 8.47. The third-order valence-corrected chi connectivity index (χ3v) is 6.02. The van der Waals surface area contributed by atoms with Crippen LogP contribution in [0.25, 0.3) is 0 Å². The molecular weight excluding hydrogens is 351 g/mol. The molecule has 1 saturated carbocycles. The summed E-state index contributed by atoms with van der Waals surface area (Å²) in [7, 11) is 1.81. The van der Waals surface area contributed by atoms with Crippen LogP contribution in [0, 0.1) is 11.8 Å². The van der Waals surface area contributed by atoms with Crippen LogP contribution in [-0.2, 0) is 17.0 Å². The summed E-state index contributed by atoms with van der Waals surface area (Å²) in [6.45, 7) is 7.92. The highest BCUT2D eigenvalue weighted by Crippen LogP contribution is 2.50. The lowest BCUT2D eigenvalue weighted by Gasteiger charge is -2.42. The fourth-order valence-corrected chi connectivity index (χ4v) is 4.46. The SMILES string of the molecule is CC(C)CN(C)C(=O)C1CC(F)(c2ccc(CN3CCCC3)c(Cl)c2)C1. The fraction of sp³-hybridized carbons (Fsp3) is 0.667. The second-order valence-corrected chi connectivity index (χ2v) is 8.88. The molecule has 0 spiro atoms. The molecule has 1 aromatic carbocycles. The van der Waals surface area contributed by atoms with Gasteiger partial charge in [0.2, 0.25) is 5.91 Å². The molecular formula is C21H30ClFN2O. The Labute approximate surface area is 161 Å². The Hall–Kier alpha value is -1.13. The predicted molar refractivity (Wildman–Crippen MR) is 104 cm³/mol. The van der Waals surface area contributed by atoms with Gasteiger partial charge in [0.1, 0.15) is 5.67 Å². The lowest BCUT2D eigenvalue weighted by Crippen LogP contribution is -2.47. The highest BCUT2D eigenvalue weighted by Gasteiger charge is 2.50. The summed E-state index contributed by atoms with van der Waals surface area (Å²) in [5, 5.41) is 0.637. The first-order valence-corrected chi connectivity index (χ1v) is 10.1. The number of nitrogens with zero attached hydrogens (tertiary/aromatic N) is 2. The predicted octanol–water partition coefficient (Wildman–Crippen LogP) is 4.63. The molecule has 2 aliphatic rings. The first-order valence-electron chi connectivity index (χ1n) is 9.73. The molecule has 0 atom stereocenters. The molecule has 5 heteroatoms. The van der Waals surface area contributed by atoms with Crippen molar-refractivity contribution in [2.75, 3.05) is 26.7 Å². The van der Waals surface area contributed by atoms with E-state index in [4.69, 9.17) is 11.6 Å².